The molecule has 0 aliphatic carbocycles. The summed E-state index contributed by atoms with van der Waals surface area (Å²) in [6.45, 7) is 2.64. The minimum absolute atomic E-state index is 0. The summed E-state index contributed by atoms with van der Waals surface area (Å²) in [7, 11) is 0. The van der Waals surface area contributed by atoms with E-state index < -0.39 is 17.4 Å². The lowest BCUT2D eigenvalue weighted by atomic mass is 10.1. The Morgan fingerprint density at radius 1 is 1.00 bits per heavy atom. The minimum atomic E-state index is -0.669. The number of pyridine rings is 1. The number of carbonyl (C=O) groups is 2. The van der Waals surface area contributed by atoms with E-state index in [0.717, 1.165) is 21.9 Å². The molecule has 3 heterocycles. The number of fused-ring (bicyclic) bond motifs is 1. The zero-order valence-corrected chi connectivity index (χ0v) is 27.0. The van der Waals surface area contributed by atoms with Crippen LogP contribution >= 0.6 is 11.3 Å². The Labute approximate surface area is 279 Å². The third kappa shape index (κ3) is 7.95. The Morgan fingerprint density at radius 2 is 1.71 bits per heavy atom. The number of amides is 2. The predicted molar refractivity (Wildman–Crippen MR) is 169 cm³/mol. The van der Waals surface area contributed by atoms with E-state index in [9.17, 15) is 19.6 Å². The molecule has 3 N–H and O–H groups in total. The van der Waals surface area contributed by atoms with Crippen molar-refractivity contribution in [2.24, 2.45) is 0 Å². The summed E-state index contributed by atoms with van der Waals surface area (Å²) in [5, 5.41) is 21.2. The van der Waals surface area contributed by atoms with Crippen molar-refractivity contribution in [1.82, 2.24) is 15.0 Å². The van der Waals surface area contributed by atoms with Gasteiger partial charge in [0, 0.05) is 38.7 Å². The molecule has 10 nitrogen and oxygen atoms in total. The highest BCUT2D eigenvalue weighted by atomic mass is 127. The molecule has 2 aromatic carbocycles. The van der Waals surface area contributed by atoms with Gasteiger partial charge in [0.05, 0.1) is 22.7 Å². The normalized spacial score (nSPS) is 11.2. The van der Waals surface area contributed by atoms with E-state index in [1.54, 1.807) is 41.9 Å². The van der Waals surface area contributed by atoms with Gasteiger partial charge in [0.1, 0.15) is 18.8 Å². The zero-order valence-electron chi connectivity index (χ0n) is 24.0. The molecule has 0 aliphatic rings. The maximum atomic E-state index is 13.5. The number of carbonyl (C=O) groups excluding carboxylic acids is 2. The maximum absolute atomic E-state index is 13.5. The lowest BCUT2D eigenvalue weighted by Gasteiger charge is -2.12. The van der Waals surface area contributed by atoms with Crippen molar-refractivity contribution in [2.75, 3.05) is 5.32 Å². The Morgan fingerprint density at radius 3 is 2.40 bits per heavy atom. The summed E-state index contributed by atoms with van der Waals surface area (Å²) in [5.41, 5.74) is 4.40. The second-order valence-corrected chi connectivity index (χ2v) is 10.8. The fourth-order valence-electron chi connectivity index (χ4n) is 4.46. The molecular weight excluding hydrogens is 703 g/mol. The van der Waals surface area contributed by atoms with Crippen LogP contribution in [-0.4, -0.2) is 26.6 Å². The number of nitriles is 1. The highest BCUT2D eigenvalue weighted by Crippen LogP contribution is 2.24. The number of para-hydroxylation sites is 2. The Bertz CT molecular complexity index is 2010. The van der Waals surface area contributed by atoms with E-state index in [-0.39, 0.29) is 41.8 Å². The van der Waals surface area contributed by atoms with Crippen LogP contribution in [0, 0.1) is 11.3 Å². The first-order chi connectivity index (χ1) is 21.4. The van der Waals surface area contributed by atoms with Gasteiger partial charge in [-0.15, -0.1) is 11.3 Å². The largest absolute Gasteiger partial charge is 1.00 e. The van der Waals surface area contributed by atoms with Gasteiger partial charge in [-0.3, -0.25) is 24.2 Å². The minimum Gasteiger partial charge on any atom is -1.00 e. The van der Waals surface area contributed by atoms with E-state index >= 15 is 0 Å². The molecule has 0 unspecified atom stereocenters. The number of anilines is 1. The van der Waals surface area contributed by atoms with Crippen molar-refractivity contribution >= 4 is 63.7 Å². The number of benzene rings is 2. The number of aryl methyl sites for hydroxylation is 1. The molecule has 2 amide bonds. The zero-order chi connectivity index (χ0) is 31.1. The number of hydrogen-bond acceptors (Lipinski definition) is 7. The summed E-state index contributed by atoms with van der Waals surface area (Å²) in [6.07, 6.45) is 9.12. The lowest BCUT2D eigenvalue weighted by Crippen LogP contribution is -3.00. The van der Waals surface area contributed by atoms with Crippen LogP contribution in [0.4, 0.5) is 5.69 Å². The molecule has 0 saturated heterocycles. The van der Waals surface area contributed by atoms with Crippen LogP contribution in [-0.2, 0) is 17.9 Å². The average molecular weight is 731 g/mol. The fourth-order valence-corrected chi connectivity index (χ4v) is 5.32. The Kier molecular flexibility index (Phi) is 11.1. The summed E-state index contributed by atoms with van der Waals surface area (Å²) in [6, 6.07) is 22.9. The number of nitrogens with zero attached hydrogens (tertiary/aromatic N) is 4. The van der Waals surface area contributed by atoms with Crippen LogP contribution in [0.5, 0.6) is 0 Å². The van der Waals surface area contributed by atoms with E-state index in [4.69, 9.17) is 5.21 Å². The molecule has 5 aromatic rings. The number of aromatic nitrogens is 3. The predicted octanol–water partition coefficient (Wildman–Crippen LogP) is 1.76. The second-order valence-electron chi connectivity index (χ2n) is 9.60. The second kappa shape index (κ2) is 15.2. The molecule has 3 aromatic heterocycles. The monoisotopic (exact) mass is 730 g/mol. The maximum Gasteiger partial charge on any atom is 0.277 e. The van der Waals surface area contributed by atoms with Gasteiger partial charge in [-0.1, -0.05) is 12.1 Å². The highest BCUT2D eigenvalue weighted by Gasteiger charge is 2.14. The van der Waals surface area contributed by atoms with Crippen LogP contribution in [0.15, 0.2) is 90.0 Å². The number of thiophene rings is 1. The van der Waals surface area contributed by atoms with Crippen LogP contribution < -0.4 is 44.9 Å². The van der Waals surface area contributed by atoms with Gasteiger partial charge in [0.15, 0.2) is 12.4 Å². The first kappa shape index (κ1) is 32.9. The Balaban J connectivity index is 0.00000461. The molecule has 5 rings (SSSR count). The smallest absolute Gasteiger partial charge is 0.277 e. The van der Waals surface area contributed by atoms with Crippen molar-refractivity contribution in [1.29, 1.82) is 5.26 Å². The molecule has 45 heavy (non-hydrogen) atoms. The van der Waals surface area contributed by atoms with E-state index in [2.05, 4.69) is 16.4 Å². The van der Waals surface area contributed by atoms with Crippen molar-refractivity contribution in [2.45, 2.75) is 20.0 Å². The third-order valence-corrected chi connectivity index (χ3v) is 7.74. The van der Waals surface area contributed by atoms with Gasteiger partial charge in [-0.05, 0) is 73.7 Å². The first-order valence-corrected chi connectivity index (χ1v) is 14.4. The van der Waals surface area contributed by atoms with Gasteiger partial charge in [-0.2, -0.15) is 5.26 Å². The number of hydroxylamine groups is 1. The molecule has 226 valence electrons. The number of allylic oxidation sites excluding steroid dienone is 1. The SMILES string of the molecule is CC[n+]1ccc(/C(C#N)=C/c2ccc(/C=C/c3nc4ccccc4n(CC(=O)Nc4ccc(C(=O)NO)cc4)c3=O)s2)cc1.[I-]. The molecule has 12 heteroatoms. The number of nitrogens with one attached hydrogen (secondary N) is 2. The fraction of sp³-hybridized carbons (Fsp3) is 0.0909. The van der Waals surface area contributed by atoms with Crippen molar-refractivity contribution in [3.8, 4) is 6.07 Å². The van der Waals surface area contributed by atoms with E-state index in [1.807, 2.05) is 54.2 Å². The number of rotatable bonds is 9. The van der Waals surface area contributed by atoms with Crippen LogP contribution in [0.1, 0.15) is 38.3 Å². The quantitative estimate of drug-likeness (QED) is 0.0695. The molecule has 0 atom stereocenters. The molecule has 0 saturated carbocycles. The van der Waals surface area contributed by atoms with E-state index in [1.165, 1.54) is 40.2 Å². The highest BCUT2D eigenvalue weighted by molar-refractivity contribution is 7.13. The van der Waals surface area contributed by atoms with Crippen LogP contribution in [0.2, 0.25) is 0 Å². The summed E-state index contributed by atoms with van der Waals surface area (Å²) >= 11 is 1.47. The van der Waals surface area contributed by atoms with Gasteiger partial charge < -0.3 is 29.3 Å². The number of hydrogen-bond donors (Lipinski definition) is 3. The summed E-state index contributed by atoms with van der Waals surface area (Å²) < 4.78 is 3.39. The molecule has 0 aliphatic heterocycles. The van der Waals surface area contributed by atoms with Crippen LogP contribution in [0.25, 0.3) is 34.8 Å². The topological polar surface area (TPSA) is 141 Å². The van der Waals surface area contributed by atoms with Crippen LogP contribution in [0.3, 0.4) is 0 Å². The molecular formula is C33H27IN6O4S. The summed E-state index contributed by atoms with van der Waals surface area (Å²) in [4.78, 5) is 44.3. The average Bonchev–Trinajstić information content (AvgIpc) is 3.51. The van der Waals surface area contributed by atoms with Gasteiger partial charge >= 0.3 is 0 Å². The number of halogens is 1. The van der Waals surface area contributed by atoms with Crippen molar-refractivity contribution < 1.29 is 43.3 Å². The lowest BCUT2D eigenvalue weighted by molar-refractivity contribution is -0.693. The van der Waals surface area contributed by atoms with Gasteiger partial charge in [0.25, 0.3) is 11.5 Å². The Hall–Kier alpha value is -4.97. The van der Waals surface area contributed by atoms with Gasteiger partial charge in [0.2, 0.25) is 5.91 Å². The van der Waals surface area contributed by atoms with Gasteiger partial charge in [-0.25, -0.2) is 15.0 Å². The first-order valence-electron chi connectivity index (χ1n) is 13.6. The standard InChI is InChI=1S/C33H26N6O4S.HI/c1-2-38-17-15-22(16-18-38)24(20-34)19-27-12-11-26(44-27)13-14-29-33(42)39(30-6-4-3-5-28(30)36-29)21-31(40)35-25-9-7-23(8-10-25)32(41)37-43;/h3-19H,2,21H2,1H3,(H2-,35,36,37,40,41,42,43);1H. The van der Waals surface area contributed by atoms with Crippen molar-refractivity contribution in [3.63, 3.8) is 0 Å². The van der Waals surface area contributed by atoms with Crippen molar-refractivity contribution in [3.05, 3.63) is 122 Å². The molecule has 0 fully saturated rings. The molecule has 0 radical (unpaired) electrons. The molecule has 0 spiro atoms. The molecule has 0 bridgehead atoms. The summed E-state index contributed by atoms with van der Waals surface area (Å²) in [5.74, 6) is -1.11. The third-order valence-electron chi connectivity index (χ3n) is 6.74. The van der Waals surface area contributed by atoms with E-state index in [0.29, 0.717) is 22.3 Å².